The van der Waals surface area contributed by atoms with E-state index in [2.05, 4.69) is 0 Å². The Kier molecular flexibility index (Phi) is 2.44. The Hall–Kier alpha value is -2.46. The second kappa shape index (κ2) is 4.29. The molecule has 95 valence electrons. The highest BCUT2D eigenvalue weighted by Gasteiger charge is 2.10. The van der Waals surface area contributed by atoms with Crippen LogP contribution in [0.4, 0.5) is 0 Å². The van der Waals surface area contributed by atoms with Crippen molar-refractivity contribution in [1.82, 2.24) is 0 Å². The monoisotopic (exact) mass is 261 g/mol. The van der Waals surface area contributed by atoms with E-state index in [1.807, 2.05) is 54.6 Å². The van der Waals surface area contributed by atoms with Gasteiger partial charge in [0.05, 0.1) is 0 Å². The van der Waals surface area contributed by atoms with Gasteiger partial charge in [-0.05, 0) is 35.0 Å². The minimum atomic E-state index is 0.595. The van der Waals surface area contributed by atoms with E-state index in [1.54, 1.807) is 0 Å². The van der Waals surface area contributed by atoms with Gasteiger partial charge in [0, 0.05) is 10.8 Å². The van der Waals surface area contributed by atoms with Crippen molar-refractivity contribution in [1.29, 1.82) is 0 Å². The SMILES string of the molecule is O[B]Oc1ccc2ccc3oc4ccccc4c3c2c1. The van der Waals surface area contributed by atoms with E-state index >= 15 is 0 Å². The largest absolute Gasteiger partial charge is 0.569 e. The average molecular weight is 261 g/mol. The van der Waals surface area contributed by atoms with Gasteiger partial charge in [-0.3, -0.25) is 0 Å². The molecule has 0 amide bonds. The lowest BCUT2D eigenvalue weighted by Gasteiger charge is -2.04. The van der Waals surface area contributed by atoms with E-state index in [4.69, 9.17) is 14.1 Å². The van der Waals surface area contributed by atoms with Gasteiger partial charge in [0.1, 0.15) is 16.9 Å². The molecule has 0 aliphatic rings. The third-order valence-corrected chi connectivity index (χ3v) is 3.52. The predicted molar refractivity (Wildman–Crippen MR) is 79.8 cm³/mol. The summed E-state index contributed by atoms with van der Waals surface area (Å²) in [4.78, 5) is 0. The summed E-state index contributed by atoms with van der Waals surface area (Å²) in [5.41, 5.74) is 1.72. The zero-order valence-corrected chi connectivity index (χ0v) is 10.5. The summed E-state index contributed by atoms with van der Waals surface area (Å²) in [6.45, 7) is 0. The molecule has 4 aromatic rings. The number of furan rings is 1. The number of fused-ring (bicyclic) bond motifs is 5. The van der Waals surface area contributed by atoms with Crippen molar-refractivity contribution in [3.8, 4) is 5.75 Å². The first-order valence-electron chi connectivity index (χ1n) is 6.33. The molecule has 0 aliphatic carbocycles. The molecule has 3 aromatic carbocycles. The van der Waals surface area contributed by atoms with Crippen molar-refractivity contribution in [2.75, 3.05) is 0 Å². The first-order valence-corrected chi connectivity index (χ1v) is 6.33. The molecule has 0 aliphatic heterocycles. The van der Waals surface area contributed by atoms with Gasteiger partial charge in [-0.2, -0.15) is 0 Å². The fourth-order valence-corrected chi connectivity index (χ4v) is 2.66. The van der Waals surface area contributed by atoms with Crippen molar-refractivity contribution in [3.05, 3.63) is 54.6 Å². The van der Waals surface area contributed by atoms with Gasteiger partial charge < -0.3 is 14.1 Å². The van der Waals surface area contributed by atoms with Crippen molar-refractivity contribution in [3.63, 3.8) is 0 Å². The van der Waals surface area contributed by atoms with Crippen molar-refractivity contribution in [2.24, 2.45) is 0 Å². The van der Waals surface area contributed by atoms with E-state index in [0.29, 0.717) is 13.4 Å². The second-order valence-electron chi connectivity index (χ2n) is 4.64. The van der Waals surface area contributed by atoms with Crippen LogP contribution in [0.25, 0.3) is 32.7 Å². The van der Waals surface area contributed by atoms with Crippen LogP contribution in [-0.4, -0.2) is 12.7 Å². The Morgan fingerprint density at radius 1 is 0.900 bits per heavy atom. The molecule has 0 bridgehead atoms. The van der Waals surface area contributed by atoms with E-state index in [1.165, 1.54) is 0 Å². The van der Waals surface area contributed by atoms with Crippen LogP contribution in [0.5, 0.6) is 5.75 Å². The highest BCUT2D eigenvalue weighted by molar-refractivity contribution is 6.20. The molecule has 0 atom stereocenters. The molecule has 1 N–H and O–H groups in total. The number of hydrogen-bond acceptors (Lipinski definition) is 3. The van der Waals surface area contributed by atoms with Gasteiger partial charge in [-0.15, -0.1) is 0 Å². The number of benzene rings is 3. The fourth-order valence-electron chi connectivity index (χ4n) is 2.66. The molecule has 1 radical (unpaired) electrons. The molecule has 0 saturated heterocycles. The Morgan fingerprint density at radius 3 is 2.65 bits per heavy atom. The zero-order chi connectivity index (χ0) is 13.5. The lowest BCUT2D eigenvalue weighted by Crippen LogP contribution is -1.99. The highest BCUT2D eigenvalue weighted by atomic mass is 16.5. The van der Waals surface area contributed by atoms with Crippen molar-refractivity contribution >= 4 is 40.4 Å². The van der Waals surface area contributed by atoms with Gasteiger partial charge in [0.2, 0.25) is 0 Å². The summed E-state index contributed by atoms with van der Waals surface area (Å²) in [7, 11) is 0.689. The predicted octanol–water partition coefficient (Wildman–Crippen LogP) is 3.64. The first kappa shape index (κ1) is 11.4. The Labute approximate surface area is 115 Å². The lowest BCUT2D eigenvalue weighted by atomic mass is 10.0. The molecule has 0 fully saturated rings. The van der Waals surface area contributed by atoms with Crippen LogP contribution < -0.4 is 4.65 Å². The quantitative estimate of drug-likeness (QED) is 0.560. The number of rotatable bonds is 2. The van der Waals surface area contributed by atoms with Gasteiger partial charge >= 0.3 is 7.69 Å². The van der Waals surface area contributed by atoms with Gasteiger partial charge in [0.15, 0.2) is 0 Å². The van der Waals surface area contributed by atoms with E-state index in [0.717, 1.165) is 32.7 Å². The molecule has 1 aromatic heterocycles. The maximum atomic E-state index is 8.77. The van der Waals surface area contributed by atoms with Crippen molar-refractivity contribution < 1.29 is 14.1 Å². The average Bonchev–Trinajstić information content (AvgIpc) is 2.86. The van der Waals surface area contributed by atoms with Gasteiger partial charge in [-0.1, -0.05) is 30.3 Å². The van der Waals surface area contributed by atoms with Gasteiger partial charge in [0.25, 0.3) is 0 Å². The molecule has 0 saturated carbocycles. The van der Waals surface area contributed by atoms with Crippen LogP contribution >= 0.6 is 0 Å². The third kappa shape index (κ3) is 1.59. The zero-order valence-electron chi connectivity index (χ0n) is 10.5. The second-order valence-corrected chi connectivity index (χ2v) is 4.64. The van der Waals surface area contributed by atoms with Gasteiger partial charge in [-0.25, -0.2) is 0 Å². The summed E-state index contributed by atoms with van der Waals surface area (Å²) in [5.74, 6) is 0.595. The fraction of sp³-hybridized carbons (Fsp3) is 0. The molecule has 4 heteroatoms. The molecule has 3 nitrogen and oxygen atoms in total. The first-order chi connectivity index (χ1) is 9.86. The van der Waals surface area contributed by atoms with E-state index < -0.39 is 0 Å². The minimum Gasteiger partial charge on any atom is -0.537 e. The number of para-hydroxylation sites is 1. The topological polar surface area (TPSA) is 42.6 Å². The maximum Gasteiger partial charge on any atom is 0.569 e. The highest BCUT2D eigenvalue weighted by Crippen LogP contribution is 2.35. The molecular formula is C16H10BO3. The summed E-state index contributed by atoms with van der Waals surface area (Å²) >= 11 is 0. The minimum absolute atomic E-state index is 0.595. The Balaban J connectivity index is 2.17. The standard InChI is InChI=1S/C16H10BO3/c18-17-20-11-7-5-10-6-8-15-16(13(10)9-11)12-3-1-2-4-14(12)19-15/h1-9,18H. The molecule has 1 heterocycles. The molecule has 0 spiro atoms. The molecular weight excluding hydrogens is 251 g/mol. The Bertz CT molecular complexity index is 927. The maximum absolute atomic E-state index is 8.77. The van der Waals surface area contributed by atoms with Crippen LogP contribution in [-0.2, 0) is 0 Å². The summed E-state index contributed by atoms with van der Waals surface area (Å²) in [6, 6.07) is 17.7. The lowest BCUT2D eigenvalue weighted by molar-refractivity contribution is 0.454. The molecule has 20 heavy (non-hydrogen) atoms. The Morgan fingerprint density at radius 2 is 1.75 bits per heavy atom. The third-order valence-electron chi connectivity index (χ3n) is 3.52. The van der Waals surface area contributed by atoms with Crippen LogP contribution in [0.2, 0.25) is 0 Å². The summed E-state index contributed by atoms with van der Waals surface area (Å²) in [6.07, 6.45) is 0. The smallest absolute Gasteiger partial charge is 0.537 e. The van der Waals surface area contributed by atoms with E-state index in [-0.39, 0.29) is 0 Å². The summed E-state index contributed by atoms with van der Waals surface area (Å²) < 4.78 is 10.9. The van der Waals surface area contributed by atoms with Crippen LogP contribution in [0.15, 0.2) is 59.0 Å². The summed E-state index contributed by atoms with van der Waals surface area (Å²) in [5, 5.41) is 13.1. The van der Waals surface area contributed by atoms with Crippen LogP contribution in [0, 0.1) is 0 Å². The molecule has 0 unspecified atom stereocenters. The normalized spacial score (nSPS) is 11.2. The number of hydrogen-bond donors (Lipinski definition) is 1. The molecule has 4 rings (SSSR count). The van der Waals surface area contributed by atoms with Crippen LogP contribution in [0.1, 0.15) is 0 Å². The van der Waals surface area contributed by atoms with E-state index in [9.17, 15) is 0 Å². The van der Waals surface area contributed by atoms with Crippen LogP contribution in [0.3, 0.4) is 0 Å². The van der Waals surface area contributed by atoms with Crippen molar-refractivity contribution in [2.45, 2.75) is 0 Å².